The predicted molar refractivity (Wildman–Crippen MR) is 161 cm³/mol. The van der Waals surface area contributed by atoms with E-state index < -0.39 is 72.2 Å². The van der Waals surface area contributed by atoms with Crippen LogP contribution in [0.1, 0.15) is 67.2 Å². The number of esters is 2. The molecular weight excluding hydrogens is 604 g/mol. The van der Waals surface area contributed by atoms with Crippen molar-refractivity contribution in [1.82, 2.24) is 9.80 Å². The molecule has 4 aliphatic rings. The van der Waals surface area contributed by atoms with Crippen molar-refractivity contribution < 1.29 is 57.8 Å². The lowest BCUT2D eigenvalue weighted by molar-refractivity contribution is -0.159. The van der Waals surface area contributed by atoms with Crippen molar-refractivity contribution in [2.45, 2.75) is 128 Å². The van der Waals surface area contributed by atoms with Gasteiger partial charge in [0.05, 0.1) is 37.4 Å². The number of fused-ring (bicyclic) bond motifs is 2. The number of nitrogens with zero attached hydrogens (tertiary/aromatic N) is 2. The molecule has 0 unspecified atom stereocenters. The summed E-state index contributed by atoms with van der Waals surface area (Å²) in [7, 11) is 2.51. The van der Waals surface area contributed by atoms with Gasteiger partial charge in [-0.3, -0.25) is 9.59 Å². The molecule has 0 spiro atoms. The van der Waals surface area contributed by atoms with Crippen LogP contribution in [0.2, 0.25) is 0 Å². The van der Waals surface area contributed by atoms with Crippen LogP contribution >= 0.6 is 0 Å². The summed E-state index contributed by atoms with van der Waals surface area (Å²) in [5.74, 6) is -3.85. The SMILES string of the molecule is COC(=O)C1=C[C@H](N(CCCCCCN(C(C)=O)[C@H]2C=C(C(=O)OC)[C@H]3OC(C)(C)O[C@H]3[C@@H]2O)C(C)=O)[C@@H](O)[C@@H]2OC(C)(C)O[C@H]12. The molecule has 2 fully saturated rings. The van der Waals surface area contributed by atoms with Crippen LogP contribution in [-0.2, 0) is 47.6 Å². The van der Waals surface area contributed by atoms with Gasteiger partial charge in [0.2, 0.25) is 11.8 Å². The first-order valence-corrected chi connectivity index (χ1v) is 15.7. The topological polar surface area (TPSA) is 171 Å². The average Bonchev–Trinajstić information content (AvgIpc) is 3.49. The van der Waals surface area contributed by atoms with Crippen LogP contribution < -0.4 is 0 Å². The number of hydrogen-bond donors (Lipinski definition) is 2. The molecule has 2 aliphatic heterocycles. The largest absolute Gasteiger partial charge is 0.466 e. The van der Waals surface area contributed by atoms with E-state index in [4.69, 9.17) is 28.4 Å². The summed E-state index contributed by atoms with van der Waals surface area (Å²) in [6.07, 6.45) is 0.0119. The van der Waals surface area contributed by atoms with Crippen molar-refractivity contribution >= 4 is 23.8 Å². The molecule has 4 rings (SSSR count). The number of carbonyl (C=O) groups excluding carboxylic acids is 4. The highest BCUT2D eigenvalue weighted by Crippen LogP contribution is 2.40. The van der Waals surface area contributed by atoms with Crippen molar-refractivity contribution in [3.8, 4) is 0 Å². The first-order valence-electron chi connectivity index (χ1n) is 15.7. The Balaban J connectivity index is 1.37. The molecule has 2 N–H and O–H groups in total. The molecule has 2 aliphatic carbocycles. The molecule has 2 heterocycles. The second-order valence-corrected chi connectivity index (χ2v) is 13.1. The number of methoxy groups -OCH3 is 2. The number of amides is 2. The number of unbranched alkanes of at least 4 members (excludes halogenated alkanes) is 3. The maximum absolute atomic E-state index is 12.7. The van der Waals surface area contributed by atoms with Gasteiger partial charge in [-0.15, -0.1) is 0 Å². The van der Waals surface area contributed by atoms with Gasteiger partial charge in [0, 0.05) is 26.9 Å². The molecule has 0 aromatic rings. The zero-order chi connectivity index (χ0) is 34.1. The Labute approximate surface area is 269 Å². The number of carbonyl (C=O) groups is 4. The summed E-state index contributed by atoms with van der Waals surface area (Å²) in [4.78, 5) is 53.7. The van der Waals surface area contributed by atoms with E-state index in [9.17, 15) is 29.4 Å². The van der Waals surface area contributed by atoms with E-state index in [0.717, 1.165) is 0 Å². The molecule has 2 saturated heterocycles. The monoisotopic (exact) mass is 652 g/mol. The third kappa shape index (κ3) is 7.47. The number of rotatable bonds is 11. The van der Waals surface area contributed by atoms with Gasteiger partial charge in [0.1, 0.15) is 36.6 Å². The van der Waals surface area contributed by atoms with Gasteiger partial charge in [0.25, 0.3) is 0 Å². The highest BCUT2D eigenvalue weighted by atomic mass is 16.8. The normalized spacial score (nSPS) is 32.4. The molecule has 8 atom stereocenters. The fourth-order valence-electron chi connectivity index (χ4n) is 6.81. The van der Waals surface area contributed by atoms with Crippen molar-refractivity contribution in [2.24, 2.45) is 0 Å². The third-order valence-electron chi connectivity index (χ3n) is 8.86. The number of aliphatic hydroxyl groups excluding tert-OH is 2. The lowest BCUT2D eigenvalue weighted by atomic mass is 9.86. The molecule has 2 amide bonds. The first-order chi connectivity index (χ1) is 21.5. The van der Waals surface area contributed by atoms with Gasteiger partial charge in [-0.25, -0.2) is 9.59 Å². The Morgan fingerprint density at radius 3 is 1.33 bits per heavy atom. The van der Waals surface area contributed by atoms with E-state index in [1.165, 1.54) is 50.0 Å². The summed E-state index contributed by atoms with van der Waals surface area (Å²) in [5, 5.41) is 22.4. The Hall–Kier alpha value is -2.88. The van der Waals surface area contributed by atoms with E-state index in [-0.39, 0.29) is 23.0 Å². The van der Waals surface area contributed by atoms with Gasteiger partial charge < -0.3 is 48.4 Å². The van der Waals surface area contributed by atoms with E-state index >= 15 is 0 Å². The molecule has 258 valence electrons. The predicted octanol–water partition coefficient (Wildman–Crippen LogP) is 0.969. The second kappa shape index (κ2) is 14.1. The number of aliphatic hydroxyl groups is 2. The molecule has 14 nitrogen and oxygen atoms in total. The zero-order valence-corrected chi connectivity index (χ0v) is 27.9. The minimum absolute atomic E-state index is 0.197. The fraction of sp³-hybridized carbons (Fsp3) is 0.750. The number of hydrogen-bond acceptors (Lipinski definition) is 12. The maximum atomic E-state index is 12.7. The summed E-state index contributed by atoms with van der Waals surface area (Å²) in [6, 6.07) is -1.64. The quantitative estimate of drug-likeness (QED) is 0.240. The van der Waals surface area contributed by atoms with E-state index in [1.807, 2.05) is 0 Å². The fourth-order valence-corrected chi connectivity index (χ4v) is 6.81. The van der Waals surface area contributed by atoms with E-state index in [0.29, 0.717) is 38.8 Å². The van der Waals surface area contributed by atoms with Crippen LogP contribution in [0.5, 0.6) is 0 Å². The molecule has 0 radical (unpaired) electrons. The molecule has 0 bridgehead atoms. The van der Waals surface area contributed by atoms with Gasteiger partial charge >= 0.3 is 11.9 Å². The molecule has 0 saturated carbocycles. The Bertz CT molecular complexity index is 1150. The van der Waals surface area contributed by atoms with E-state index in [1.54, 1.807) is 27.7 Å². The van der Waals surface area contributed by atoms with E-state index in [2.05, 4.69) is 0 Å². The highest BCUT2D eigenvalue weighted by molar-refractivity contribution is 5.91. The van der Waals surface area contributed by atoms with Crippen LogP contribution in [0.3, 0.4) is 0 Å². The van der Waals surface area contributed by atoms with Crippen LogP contribution in [0.25, 0.3) is 0 Å². The van der Waals surface area contributed by atoms with Gasteiger partial charge in [-0.2, -0.15) is 0 Å². The standard InChI is InChI=1S/C32H48N2O12/c1-17(35)33(21-15-19(29(39)41-7)25-27(23(21)37)45-31(3,4)43-25)13-11-9-10-12-14-34(18(2)36)22-16-20(30(40)42-8)26-28(24(22)38)46-32(5,6)44-26/h15-16,21-28,37-38H,9-14H2,1-8H3/t21-,22-,23+,24+,25+,26+,27-,28-/m0/s1. The second-order valence-electron chi connectivity index (χ2n) is 13.1. The van der Waals surface area contributed by atoms with Crippen molar-refractivity contribution in [1.29, 1.82) is 0 Å². The Morgan fingerprint density at radius 1 is 0.674 bits per heavy atom. The number of ether oxygens (including phenoxy) is 6. The average molecular weight is 653 g/mol. The summed E-state index contributed by atoms with van der Waals surface area (Å²) in [5.41, 5.74) is 0.394. The van der Waals surface area contributed by atoms with Crippen LogP contribution in [0, 0.1) is 0 Å². The van der Waals surface area contributed by atoms with Gasteiger partial charge in [-0.1, -0.05) is 12.8 Å². The summed E-state index contributed by atoms with van der Waals surface area (Å²) in [6.45, 7) is 10.2. The van der Waals surface area contributed by atoms with Crippen LogP contribution in [-0.4, -0.2) is 131 Å². The Morgan fingerprint density at radius 2 is 1.02 bits per heavy atom. The molecule has 46 heavy (non-hydrogen) atoms. The maximum Gasteiger partial charge on any atom is 0.336 e. The minimum Gasteiger partial charge on any atom is -0.466 e. The lowest BCUT2D eigenvalue weighted by Crippen LogP contribution is -2.56. The molecule has 0 aromatic carbocycles. The lowest BCUT2D eigenvalue weighted by Gasteiger charge is -2.39. The third-order valence-corrected chi connectivity index (χ3v) is 8.86. The minimum atomic E-state index is -1.13. The zero-order valence-electron chi connectivity index (χ0n) is 27.9. The van der Waals surface area contributed by atoms with Crippen LogP contribution in [0.4, 0.5) is 0 Å². The summed E-state index contributed by atoms with van der Waals surface area (Å²) < 4.78 is 33.5. The van der Waals surface area contributed by atoms with Crippen molar-refractivity contribution in [3.63, 3.8) is 0 Å². The van der Waals surface area contributed by atoms with Crippen molar-refractivity contribution in [2.75, 3.05) is 27.3 Å². The molecule has 0 aromatic heterocycles. The molecular formula is C32H48N2O12. The van der Waals surface area contributed by atoms with Crippen molar-refractivity contribution in [3.05, 3.63) is 23.3 Å². The highest BCUT2D eigenvalue weighted by Gasteiger charge is 2.55. The Kier molecular flexibility index (Phi) is 11.0. The smallest absolute Gasteiger partial charge is 0.336 e. The van der Waals surface area contributed by atoms with Gasteiger partial charge in [0.15, 0.2) is 11.6 Å². The first kappa shape index (κ1) is 36.0. The van der Waals surface area contributed by atoms with Gasteiger partial charge in [-0.05, 0) is 52.7 Å². The van der Waals surface area contributed by atoms with Crippen LogP contribution in [0.15, 0.2) is 23.3 Å². The summed E-state index contributed by atoms with van der Waals surface area (Å²) >= 11 is 0. The molecule has 14 heteroatoms.